The van der Waals surface area contributed by atoms with Gasteiger partial charge in [-0.3, -0.25) is 14.4 Å². The second-order valence-electron chi connectivity index (χ2n) is 23.4. The molecule has 0 atom stereocenters. The summed E-state index contributed by atoms with van der Waals surface area (Å²) < 4.78 is 86.0. The van der Waals surface area contributed by atoms with Gasteiger partial charge in [0, 0.05) is 59.9 Å². The zero-order chi connectivity index (χ0) is 64.4. The van der Waals surface area contributed by atoms with Crippen molar-refractivity contribution in [2.75, 3.05) is 48.7 Å². The molecular formula is C67H72F6N14O4. The highest BCUT2D eigenvalue weighted by Gasteiger charge is 2.45. The topological polar surface area (TPSA) is 232 Å². The Morgan fingerprint density at radius 3 is 0.901 bits per heavy atom. The zero-order valence-corrected chi connectivity index (χ0v) is 51.5. The number of carbonyl (C=O) groups is 3. The molecule has 3 aromatic heterocycles. The van der Waals surface area contributed by atoms with E-state index < -0.39 is 16.6 Å². The summed E-state index contributed by atoms with van der Waals surface area (Å²) in [6.45, 7) is 15.3. The third-order valence-corrected chi connectivity index (χ3v) is 16.1. The van der Waals surface area contributed by atoms with Crippen molar-refractivity contribution in [2.24, 2.45) is 5.73 Å². The summed E-state index contributed by atoms with van der Waals surface area (Å²) in [5, 5.41) is 19.2. The summed E-state index contributed by atoms with van der Waals surface area (Å²) in [5.41, 5.74) is 9.48. The molecule has 6 aromatic carbocycles. The average molecular weight is 1250 g/mol. The van der Waals surface area contributed by atoms with Gasteiger partial charge < -0.3 is 61.3 Å². The molecule has 24 heteroatoms. The van der Waals surface area contributed by atoms with E-state index in [1.54, 1.807) is 87.2 Å². The quantitative estimate of drug-likeness (QED) is 0.0527. The fraction of sp³-hybridized carbons (Fsp3) is 0.284. The highest BCUT2D eigenvalue weighted by molar-refractivity contribution is 5.86. The van der Waals surface area contributed by atoms with E-state index >= 15 is 0 Å². The van der Waals surface area contributed by atoms with Gasteiger partial charge in [0.25, 0.3) is 0 Å². The van der Waals surface area contributed by atoms with Gasteiger partial charge in [0.1, 0.15) is 107 Å². The van der Waals surface area contributed by atoms with Crippen molar-refractivity contribution >= 4 is 52.2 Å². The monoisotopic (exact) mass is 1250 g/mol. The van der Waals surface area contributed by atoms with E-state index in [1.165, 1.54) is 72.8 Å². The molecule has 0 fully saturated rings. The second-order valence-corrected chi connectivity index (χ2v) is 23.4. The largest absolute Gasteiger partial charge is 0.395 e. The number of β-amino-alcohol motifs (C(OH)–C–C–N with tert-alkyl or cyclic N) is 1. The average Bonchev–Trinajstić information content (AvgIpc) is 1.61. The van der Waals surface area contributed by atoms with E-state index in [2.05, 4.69) is 16.0 Å². The van der Waals surface area contributed by atoms with Gasteiger partial charge in [0.05, 0.1) is 23.2 Å². The molecule has 3 amide bonds. The molecule has 3 aliphatic heterocycles. The van der Waals surface area contributed by atoms with E-state index in [1.807, 2.05) is 62.5 Å². The number of aliphatic hydroxyl groups excluding tert-OH is 1. The van der Waals surface area contributed by atoms with Crippen molar-refractivity contribution in [1.29, 1.82) is 0 Å². The molecule has 9 N–H and O–H groups in total. The fourth-order valence-electron chi connectivity index (χ4n) is 11.7. The number of halogens is 6. The molecular weight excluding hydrogens is 1180 g/mol. The number of nitrogens with one attached hydrogen (secondary N) is 3. The molecule has 0 saturated carbocycles. The lowest BCUT2D eigenvalue weighted by Gasteiger charge is -2.42. The number of aliphatic hydroxyl groups is 1. The number of hydrogen-bond donors (Lipinski definition) is 6. The van der Waals surface area contributed by atoms with E-state index in [4.69, 9.17) is 20.7 Å². The summed E-state index contributed by atoms with van der Waals surface area (Å²) in [6.07, 6.45) is 0.849. The standard InChI is InChI=1S/C23H24F2N4O.C22H23F2N5O.C22H22F2N4O2.H3N/c1-4-13-29-19(30)14-28-21(26-18-11-9-17(25)10-12-18)20(27-22(28)23(29,2)3)15-5-7-16(24)8-6-15;1-22(2)21-27-19(14-3-5-15(23)6-4-14)20(26-17-9-7-16(24)8-10-17)28(21)13-18(30)29(22)12-11-25;1-22(2)21-26-19(14-3-5-15(23)6-4-14)20(25-17-9-7-16(24)8-10-17)27(21)13-18(30)28(22)11-12-29;/h5-12,26H,4,13-14H2,1-3H3;3-10,26H,11-13,25H2,1-2H3;3-10,25,29H,11-13H2,1-2H3;1H3. The van der Waals surface area contributed by atoms with Crippen LogP contribution in [0.25, 0.3) is 33.8 Å². The molecule has 0 aliphatic carbocycles. The maximum absolute atomic E-state index is 13.5. The van der Waals surface area contributed by atoms with Crippen molar-refractivity contribution in [3.05, 3.63) is 198 Å². The van der Waals surface area contributed by atoms with Crippen LogP contribution in [-0.4, -0.2) is 99.0 Å². The summed E-state index contributed by atoms with van der Waals surface area (Å²) in [6, 6.07) is 35.9. The zero-order valence-electron chi connectivity index (χ0n) is 51.5. The Bertz CT molecular complexity index is 3640. The normalized spacial score (nSPS) is 15.1. The Labute approximate surface area is 523 Å². The van der Waals surface area contributed by atoms with Crippen LogP contribution in [0, 0.1) is 34.9 Å². The Morgan fingerprint density at radius 1 is 0.418 bits per heavy atom. The Balaban J connectivity index is 0.000000161. The summed E-state index contributed by atoms with van der Waals surface area (Å²) in [4.78, 5) is 58.4. The molecule has 0 saturated heterocycles. The number of carbonyl (C=O) groups excluding carboxylic acids is 3. The number of aromatic nitrogens is 6. The van der Waals surface area contributed by atoms with E-state index in [-0.39, 0.29) is 91.6 Å². The lowest BCUT2D eigenvalue weighted by atomic mass is 9.98. The van der Waals surface area contributed by atoms with Gasteiger partial charge in [0.2, 0.25) is 17.7 Å². The van der Waals surface area contributed by atoms with E-state index in [0.717, 1.165) is 17.8 Å². The van der Waals surface area contributed by atoms with Gasteiger partial charge in [-0.05, 0) is 194 Å². The number of benzene rings is 6. The number of hydrogen-bond acceptors (Lipinski definition) is 12. The van der Waals surface area contributed by atoms with Crippen LogP contribution >= 0.6 is 0 Å². The van der Waals surface area contributed by atoms with Gasteiger partial charge >= 0.3 is 0 Å². The first kappa shape index (κ1) is 65.7. The molecule has 0 spiro atoms. The first-order valence-electron chi connectivity index (χ1n) is 29.3. The van der Waals surface area contributed by atoms with Crippen molar-refractivity contribution in [1.82, 2.24) is 49.5 Å². The molecule has 91 heavy (non-hydrogen) atoms. The van der Waals surface area contributed by atoms with Crippen molar-refractivity contribution in [3.8, 4) is 33.8 Å². The number of fused-ring (bicyclic) bond motifs is 3. The molecule has 9 aromatic rings. The van der Waals surface area contributed by atoms with Crippen LogP contribution in [0.3, 0.4) is 0 Å². The minimum Gasteiger partial charge on any atom is -0.395 e. The maximum Gasteiger partial charge on any atom is 0.243 e. The molecule has 0 unspecified atom stereocenters. The van der Waals surface area contributed by atoms with Crippen LogP contribution in [-0.2, 0) is 50.6 Å². The number of amides is 3. The minimum absolute atomic E-state index is 0. The number of imidazole rings is 3. The minimum atomic E-state index is -0.768. The van der Waals surface area contributed by atoms with Crippen LogP contribution < -0.4 is 27.8 Å². The van der Waals surface area contributed by atoms with Gasteiger partial charge in [0.15, 0.2) is 0 Å². The highest BCUT2D eigenvalue weighted by Crippen LogP contribution is 2.43. The molecule has 6 heterocycles. The van der Waals surface area contributed by atoms with Crippen LogP contribution in [0.4, 0.5) is 60.9 Å². The first-order valence-corrected chi connectivity index (χ1v) is 29.3. The lowest BCUT2D eigenvalue weighted by molar-refractivity contribution is -0.142. The van der Waals surface area contributed by atoms with Crippen molar-refractivity contribution in [3.63, 3.8) is 0 Å². The predicted molar refractivity (Wildman–Crippen MR) is 338 cm³/mol. The number of nitrogens with two attached hydrogens (primary N) is 1. The van der Waals surface area contributed by atoms with Crippen LogP contribution in [0.5, 0.6) is 0 Å². The van der Waals surface area contributed by atoms with Crippen LogP contribution in [0.2, 0.25) is 0 Å². The van der Waals surface area contributed by atoms with Gasteiger partial charge in [-0.25, -0.2) is 41.3 Å². The fourth-order valence-corrected chi connectivity index (χ4v) is 11.7. The van der Waals surface area contributed by atoms with E-state index in [9.17, 15) is 45.8 Å². The SMILES string of the molecule is CC1(C)c2nc(-c3ccc(F)cc3)c(Nc3ccc(F)cc3)n2CC(=O)N1CCN.CC1(C)c2nc(-c3ccc(F)cc3)c(Nc3ccc(F)cc3)n2CC(=O)N1CCO.CCCN1C(=O)Cn2c(nc(-c3ccc(F)cc3)c2Nc2ccc(F)cc2)C1(C)C.N. The smallest absolute Gasteiger partial charge is 0.243 e. The van der Waals surface area contributed by atoms with Crippen LogP contribution in [0.15, 0.2) is 146 Å². The van der Waals surface area contributed by atoms with Crippen molar-refractivity contribution in [2.45, 2.75) is 91.1 Å². The summed E-state index contributed by atoms with van der Waals surface area (Å²) >= 11 is 0. The Hall–Kier alpha value is -9.78. The molecule has 476 valence electrons. The molecule has 12 rings (SSSR count). The first-order chi connectivity index (χ1) is 42.9. The second kappa shape index (κ2) is 26.7. The van der Waals surface area contributed by atoms with Gasteiger partial charge in [-0.15, -0.1) is 0 Å². The molecule has 0 bridgehead atoms. The Kier molecular flexibility index (Phi) is 19.3. The third kappa shape index (κ3) is 13.4. The number of nitrogens with zero attached hydrogens (tertiary/aromatic N) is 9. The number of rotatable bonds is 15. The Morgan fingerprint density at radius 2 is 0.659 bits per heavy atom. The van der Waals surface area contributed by atoms with Gasteiger partial charge in [-0.2, -0.15) is 0 Å². The molecule has 3 aliphatic rings. The van der Waals surface area contributed by atoms with Crippen molar-refractivity contribution < 1.29 is 45.8 Å². The van der Waals surface area contributed by atoms with E-state index in [0.29, 0.717) is 94.0 Å². The van der Waals surface area contributed by atoms with Crippen LogP contribution in [0.1, 0.15) is 72.4 Å². The third-order valence-electron chi connectivity index (χ3n) is 16.1. The lowest BCUT2D eigenvalue weighted by Crippen LogP contribution is -2.54. The summed E-state index contributed by atoms with van der Waals surface area (Å²) in [7, 11) is 0. The number of anilines is 6. The van der Waals surface area contributed by atoms with Gasteiger partial charge in [-0.1, -0.05) is 6.92 Å². The molecule has 0 radical (unpaired) electrons. The molecule has 18 nitrogen and oxygen atoms in total. The maximum atomic E-state index is 13.5. The highest BCUT2D eigenvalue weighted by atomic mass is 19.1. The summed E-state index contributed by atoms with van der Waals surface area (Å²) in [5.74, 6) is 1.59. The predicted octanol–water partition coefficient (Wildman–Crippen LogP) is 12.5.